The number of hydrogen-bond acceptors (Lipinski definition) is 4. The van der Waals surface area contributed by atoms with Gasteiger partial charge in [-0.2, -0.15) is 0 Å². The molecule has 0 spiro atoms. The highest BCUT2D eigenvalue weighted by Crippen LogP contribution is 2.27. The number of carbonyl (C=O) groups is 2. The summed E-state index contributed by atoms with van der Waals surface area (Å²) in [6, 6.07) is 20.8. The van der Waals surface area contributed by atoms with Crippen LogP contribution < -0.4 is 10.1 Å². The maximum absolute atomic E-state index is 13.1. The van der Waals surface area contributed by atoms with E-state index in [2.05, 4.69) is 5.32 Å². The first kappa shape index (κ1) is 20.9. The van der Waals surface area contributed by atoms with Gasteiger partial charge in [0.15, 0.2) is 6.10 Å². The fraction of sp³-hybridized carbons (Fsp3) is 0.280. The molecule has 0 aliphatic carbocycles. The van der Waals surface area contributed by atoms with Crippen molar-refractivity contribution in [1.82, 2.24) is 4.90 Å². The van der Waals surface area contributed by atoms with Gasteiger partial charge in [-0.05, 0) is 30.0 Å². The molecular weight excluding hydrogens is 392 g/mol. The number of fused-ring (bicyclic) bond motifs is 1. The standard InChI is InChI=1S/C25H26N2O4/c1-2-22(31-23-13-7-9-18-8-3-4-10-19(18)23)24(28)26-21-12-6-5-11-20(21)25(29)27-14-16-30-17-15-27/h3-13,22H,2,14-17H2,1H3,(H,26,28)/t22-/m1/s1. The second kappa shape index (κ2) is 9.62. The predicted octanol–water partition coefficient (Wildman–Crippen LogP) is 4.11. The molecular formula is C25H26N2O4. The average Bonchev–Trinajstić information content (AvgIpc) is 2.83. The lowest BCUT2D eigenvalue weighted by Crippen LogP contribution is -2.41. The van der Waals surface area contributed by atoms with E-state index in [4.69, 9.17) is 9.47 Å². The molecule has 160 valence electrons. The SMILES string of the molecule is CC[C@@H](Oc1cccc2ccccc12)C(=O)Nc1ccccc1C(=O)N1CCOCC1. The van der Waals surface area contributed by atoms with Gasteiger partial charge >= 0.3 is 0 Å². The summed E-state index contributed by atoms with van der Waals surface area (Å²) in [5.74, 6) is 0.276. The summed E-state index contributed by atoms with van der Waals surface area (Å²) in [5, 5.41) is 4.92. The molecule has 6 heteroatoms. The summed E-state index contributed by atoms with van der Waals surface area (Å²) >= 11 is 0. The number of nitrogens with zero attached hydrogens (tertiary/aromatic N) is 1. The van der Waals surface area contributed by atoms with E-state index >= 15 is 0 Å². The van der Waals surface area contributed by atoms with Crippen LogP contribution in [0.3, 0.4) is 0 Å². The molecule has 0 bridgehead atoms. The molecule has 1 fully saturated rings. The molecule has 4 rings (SSSR count). The minimum atomic E-state index is -0.683. The van der Waals surface area contributed by atoms with Crippen LogP contribution in [-0.4, -0.2) is 49.1 Å². The first-order valence-electron chi connectivity index (χ1n) is 10.6. The third kappa shape index (κ3) is 4.70. The molecule has 3 aromatic carbocycles. The highest BCUT2D eigenvalue weighted by atomic mass is 16.5. The number of ether oxygens (including phenoxy) is 2. The van der Waals surface area contributed by atoms with E-state index in [1.807, 2.05) is 49.4 Å². The molecule has 2 amide bonds. The van der Waals surface area contributed by atoms with Gasteiger partial charge < -0.3 is 19.7 Å². The van der Waals surface area contributed by atoms with Gasteiger partial charge in [0.1, 0.15) is 5.75 Å². The fourth-order valence-electron chi connectivity index (χ4n) is 3.70. The maximum Gasteiger partial charge on any atom is 0.265 e. The van der Waals surface area contributed by atoms with E-state index in [1.165, 1.54) is 0 Å². The summed E-state index contributed by atoms with van der Waals surface area (Å²) in [4.78, 5) is 27.8. The van der Waals surface area contributed by atoms with Crippen molar-refractivity contribution >= 4 is 28.3 Å². The van der Waals surface area contributed by atoms with Crippen molar-refractivity contribution in [1.29, 1.82) is 0 Å². The Morgan fingerprint density at radius 1 is 1.00 bits per heavy atom. The van der Waals surface area contributed by atoms with Crippen LogP contribution in [-0.2, 0) is 9.53 Å². The monoisotopic (exact) mass is 418 g/mol. The molecule has 1 saturated heterocycles. The first-order chi connectivity index (χ1) is 15.2. The van der Waals surface area contributed by atoms with Gasteiger partial charge in [0.2, 0.25) is 0 Å². The minimum Gasteiger partial charge on any atom is -0.480 e. The zero-order valence-corrected chi connectivity index (χ0v) is 17.5. The van der Waals surface area contributed by atoms with E-state index < -0.39 is 6.10 Å². The molecule has 0 radical (unpaired) electrons. The van der Waals surface area contributed by atoms with Gasteiger partial charge in [0.25, 0.3) is 11.8 Å². The molecule has 1 N–H and O–H groups in total. The Morgan fingerprint density at radius 2 is 1.71 bits per heavy atom. The average molecular weight is 418 g/mol. The summed E-state index contributed by atoms with van der Waals surface area (Å²) in [7, 11) is 0. The van der Waals surface area contributed by atoms with E-state index in [1.54, 1.807) is 29.2 Å². The van der Waals surface area contributed by atoms with Crippen molar-refractivity contribution in [3.05, 3.63) is 72.3 Å². The van der Waals surface area contributed by atoms with Crippen LogP contribution in [0.4, 0.5) is 5.69 Å². The predicted molar refractivity (Wildman–Crippen MR) is 120 cm³/mol. The molecule has 0 unspecified atom stereocenters. The lowest BCUT2D eigenvalue weighted by Gasteiger charge is -2.27. The molecule has 1 aliphatic rings. The van der Waals surface area contributed by atoms with Gasteiger partial charge in [0.05, 0.1) is 24.5 Å². The molecule has 31 heavy (non-hydrogen) atoms. The van der Waals surface area contributed by atoms with Crippen LogP contribution in [0.5, 0.6) is 5.75 Å². The number of morpholine rings is 1. The van der Waals surface area contributed by atoms with Crippen LogP contribution >= 0.6 is 0 Å². The Kier molecular flexibility index (Phi) is 6.48. The van der Waals surface area contributed by atoms with Crippen molar-refractivity contribution in [2.24, 2.45) is 0 Å². The highest BCUT2D eigenvalue weighted by Gasteiger charge is 2.24. The molecule has 1 aliphatic heterocycles. The normalized spacial score (nSPS) is 14.8. The Hall–Kier alpha value is -3.38. The van der Waals surface area contributed by atoms with Crippen LogP contribution in [0.15, 0.2) is 66.7 Å². The lowest BCUT2D eigenvalue weighted by atomic mass is 10.1. The first-order valence-corrected chi connectivity index (χ1v) is 10.6. The second-order valence-corrected chi connectivity index (χ2v) is 7.43. The summed E-state index contributed by atoms with van der Waals surface area (Å²) in [6.45, 7) is 4.04. The molecule has 0 aromatic heterocycles. The molecule has 1 heterocycles. The number of anilines is 1. The number of benzene rings is 3. The zero-order chi connectivity index (χ0) is 21.6. The van der Waals surface area contributed by atoms with E-state index in [0.717, 1.165) is 10.8 Å². The smallest absolute Gasteiger partial charge is 0.265 e. The third-order valence-electron chi connectivity index (χ3n) is 5.40. The number of nitrogens with one attached hydrogen (secondary N) is 1. The van der Waals surface area contributed by atoms with Crippen molar-refractivity contribution < 1.29 is 19.1 Å². The van der Waals surface area contributed by atoms with Gasteiger partial charge in [-0.15, -0.1) is 0 Å². The number of amides is 2. The van der Waals surface area contributed by atoms with Gasteiger partial charge in [-0.25, -0.2) is 0 Å². The van der Waals surface area contributed by atoms with Crippen LogP contribution in [0, 0.1) is 0 Å². The number of rotatable bonds is 6. The van der Waals surface area contributed by atoms with E-state index in [9.17, 15) is 9.59 Å². The fourth-order valence-corrected chi connectivity index (χ4v) is 3.70. The summed E-state index contributed by atoms with van der Waals surface area (Å²) in [5.41, 5.74) is 0.960. The Balaban J connectivity index is 1.52. The van der Waals surface area contributed by atoms with Crippen molar-refractivity contribution in [3.8, 4) is 5.75 Å². The minimum absolute atomic E-state index is 0.109. The van der Waals surface area contributed by atoms with Crippen LogP contribution in [0.2, 0.25) is 0 Å². The molecule has 1 atom stereocenters. The van der Waals surface area contributed by atoms with E-state index in [0.29, 0.717) is 49.7 Å². The van der Waals surface area contributed by atoms with Gasteiger partial charge in [-0.3, -0.25) is 9.59 Å². The summed E-state index contributed by atoms with van der Waals surface area (Å²) in [6.07, 6.45) is -0.188. The quantitative estimate of drug-likeness (QED) is 0.654. The van der Waals surface area contributed by atoms with Crippen LogP contribution in [0.1, 0.15) is 23.7 Å². The molecule has 6 nitrogen and oxygen atoms in total. The van der Waals surface area contributed by atoms with E-state index in [-0.39, 0.29) is 11.8 Å². The second-order valence-electron chi connectivity index (χ2n) is 7.43. The molecule has 0 saturated carbocycles. The highest BCUT2D eigenvalue weighted by molar-refractivity contribution is 6.04. The number of para-hydroxylation sites is 1. The topological polar surface area (TPSA) is 67.9 Å². The van der Waals surface area contributed by atoms with Crippen molar-refractivity contribution in [3.63, 3.8) is 0 Å². The zero-order valence-electron chi connectivity index (χ0n) is 17.5. The Bertz CT molecular complexity index is 1070. The lowest BCUT2D eigenvalue weighted by molar-refractivity contribution is -0.122. The largest absolute Gasteiger partial charge is 0.480 e. The van der Waals surface area contributed by atoms with Crippen molar-refractivity contribution in [2.45, 2.75) is 19.4 Å². The van der Waals surface area contributed by atoms with Gasteiger partial charge in [-0.1, -0.05) is 55.5 Å². The number of carbonyl (C=O) groups excluding carboxylic acids is 2. The molecule has 3 aromatic rings. The van der Waals surface area contributed by atoms with Crippen LogP contribution in [0.25, 0.3) is 10.8 Å². The van der Waals surface area contributed by atoms with Crippen molar-refractivity contribution in [2.75, 3.05) is 31.6 Å². The Morgan fingerprint density at radius 3 is 2.52 bits per heavy atom. The maximum atomic E-state index is 13.1. The number of hydrogen-bond donors (Lipinski definition) is 1. The summed E-state index contributed by atoms with van der Waals surface area (Å²) < 4.78 is 11.4. The third-order valence-corrected chi connectivity index (χ3v) is 5.40. The Labute approximate surface area is 181 Å². The van der Waals surface area contributed by atoms with Gasteiger partial charge in [0, 0.05) is 18.5 Å².